The monoisotopic (exact) mass is 320 g/mol. The Kier molecular flexibility index (Phi) is 5.01. The Morgan fingerprint density at radius 1 is 0.958 bits per heavy atom. The first-order valence-corrected chi connectivity index (χ1v) is 7.92. The highest BCUT2D eigenvalue weighted by Gasteiger charge is 2.10. The Balaban J connectivity index is 1.67. The molecule has 0 unspecified atom stereocenters. The third-order valence-electron chi connectivity index (χ3n) is 3.69. The lowest BCUT2D eigenvalue weighted by atomic mass is 10.2. The summed E-state index contributed by atoms with van der Waals surface area (Å²) in [6.45, 7) is 5.21. The first-order chi connectivity index (χ1) is 11.7. The molecule has 3 rings (SSSR count). The predicted molar refractivity (Wildman–Crippen MR) is 95.2 cm³/mol. The van der Waals surface area contributed by atoms with Gasteiger partial charge in [-0.25, -0.2) is 9.97 Å². The second-order valence-electron chi connectivity index (χ2n) is 5.41. The molecule has 1 aromatic carbocycles. The number of benzene rings is 1. The first kappa shape index (κ1) is 15.9. The number of hydrogen-bond donors (Lipinski definition) is 1. The summed E-state index contributed by atoms with van der Waals surface area (Å²) in [5, 5.41) is 3.33. The van der Waals surface area contributed by atoms with Crippen LogP contribution in [0.1, 0.15) is 11.3 Å². The van der Waals surface area contributed by atoms with Gasteiger partial charge in [-0.1, -0.05) is 24.3 Å². The normalized spacial score (nSPS) is 10.4. The molecular formula is C19H20N4O. The molecule has 0 bridgehead atoms. The van der Waals surface area contributed by atoms with Crippen molar-refractivity contribution in [1.82, 2.24) is 15.0 Å². The molecule has 24 heavy (non-hydrogen) atoms. The van der Waals surface area contributed by atoms with Crippen molar-refractivity contribution in [1.29, 1.82) is 0 Å². The Labute approximate surface area is 141 Å². The fourth-order valence-corrected chi connectivity index (χ4v) is 2.27. The minimum absolute atomic E-state index is 0.561. The number of anilines is 1. The molecule has 5 heteroatoms. The Bertz CT molecular complexity index is 791. The largest absolute Gasteiger partial charge is 0.492 e. The first-order valence-electron chi connectivity index (χ1n) is 7.92. The van der Waals surface area contributed by atoms with E-state index in [-0.39, 0.29) is 0 Å². The van der Waals surface area contributed by atoms with E-state index in [0.717, 1.165) is 28.5 Å². The predicted octanol–water partition coefficient (Wildman–Crippen LogP) is 3.65. The van der Waals surface area contributed by atoms with Crippen LogP contribution in [0.3, 0.4) is 0 Å². The second kappa shape index (κ2) is 7.55. The van der Waals surface area contributed by atoms with Gasteiger partial charge >= 0.3 is 0 Å². The van der Waals surface area contributed by atoms with Gasteiger partial charge < -0.3 is 10.1 Å². The summed E-state index contributed by atoms with van der Waals surface area (Å²) in [6.07, 6.45) is 1.74. The van der Waals surface area contributed by atoms with Gasteiger partial charge in [0, 0.05) is 17.5 Å². The Morgan fingerprint density at radius 2 is 1.75 bits per heavy atom. The lowest BCUT2D eigenvalue weighted by molar-refractivity contribution is 0.332. The fraction of sp³-hybridized carbons (Fsp3) is 0.211. The molecule has 5 nitrogen and oxygen atoms in total. The van der Waals surface area contributed by atoms with Crippen molar-refractivity contribution in [2.75, 3.05) is 18.5 Å². The summed E-state index contributed by atoms with van der Waals surface area (Å²) in [6, 6.07) is 15.5. The number of aromatic nitrogens is 3. The molecule has 0 fully saturated rings. The zero-order valence-electron chi connectivity index (χ0n) is 13.9. The van der Waals surface area contributed by atoms with Gasteiger partial charge in [-0.3, -0.25) is 4.98 Å². The molecule has 0 saturated heterocycles. The highest BCUT2D eigenvalue weighted by atomic mass is 16.5. The summed E-state index contributed by atoms with van der Waals surface area (Å²) >= 11 is 0. The smallest absolute Gasteiger partial charge is 0.180 e. The molecule has 0 aliphatic rings. The Hall–Kier alpha value is -2.95. The van der Waals surface area contributed by atoms with E-state index in [9.17, 15) is 0 Å². The van der Waals surface area contributed by atoms with Crippen LogP contribution in [0.2, 0.25) is 0 Å². The third-order valence-corrected chi connectivity index (χ3v) is 3.69. The van der Waals surface area contributed by atoms with Crippen LogP contribution in [-0.4, -0.2) is 28.1 Å². The molecule has 2 heterocycles. The fourth-order valence-electron chi connectivity index (χ4n) is 2.27. The SMILES string of the molecule is Cc1nc(-c2ccccn2)nc(NCCOc2ccccc2)c1C. The highest BCUT2D eigenvalue weighted by molar-refractivity contribution is 5.56. The van der Waals surface area contributed by atoms with Gasteiger partial charge in [0.15, 0.2) is 5.82 Å². The van der Waals surface area contributed by atoms with Crippen LogP contribution >= 0.6 is 0 Å². The van der Waals surface area contributed by atoms with Gasteiger partial charge in [0.2, 0.25) is 0 Å². The Morgan fingerprint density at radius 3 is 2.50 bits per heavy atom. The molecule has 1 N–H and O–H groups in total. The quantitative estimate of drug-likeness (QED) is 0.703. The van der Waals surface area contributed by atoms with Crippen LogP contribution in [0.5, 0.6) is 5.75 Å². The lowest BCUT2D eigenvalue weighted by Gasteiger charge is -2.12. The molecule has 2 aromatic heterocycles. The molecule has 0 aliphatic carbocycles. The van der Waals surface area contributed by atoms with Crippen molar-refractivity contribution in [3.8, 4) is 17.3 Å². The van der Waals surface area contributed by atoms with Crippen LogP contribution in [0.15, 0.2) is 54.7 Å². The number of hydrogen-bond acceptors (Lipinski definition) is 5. The summed E-state index contributed by atoms with van der Waals surface area (Å²) in [5.41, 5.74) is 2.75. The standard InChI is InChI=1S/C19H20N4O/c1-14-15(2)22-19(17-10-6-7-11-20-17)23-18(14)21-12-13-24-16-8-4-3-5-9-16/h3-11H,12-13H2,1-2H3,(H,21,22,23). The minimum Gasteiger partial charge on any atom is -0.492 e. The van der Waals surface area contributed by atoms with Crippen LogP contribution in [0.4, 0.5) is 5.82 Å². The van der Waals surface area contributed by atoms with Gasteiger partial charge in [-0.05, 0) is 38.1 Å². The molecule has 3 aromatic rings. The zero-order valence-corrected chi connectivity index (χ0v) is 13.9. The number of aryl methyl sites for hydroxylation is 1. The van der Waals surface area contributed by atoms with E-state index in [1.807, 2.05) is 62.4 Å². The van der Waals surface area contributed by atoms with Gasteiger partial charge in [0.1, 0.15) is 23.9 Å². The molecule has 0 aliphatic heterocycles. The van der Waals surface area contributed by atoms with Crippen molar-refractivity contribution in [3.63, 3.8) is 0 Å². The number of nitrogens with zero attached hydrogens (tertiary/aromatic N) is 3. The van der Waals surface area contributed by atoms with E-state index in [1.54, 1.807) is 6.20 Å². The van der Waals surface area contributed by atoms with Crippen molar-refractivity contribution < 1.29 is 4.74 Å². The average Bonchev–Trinajstić information content (AvgIpc) is 2.63. The van der Waals surface area contributed by atoms with E-state index in [4.69, 9.17) is 4.74 Å². The maximum Gasteiger partial charge on any atom is 0.180 e. The summed E-state index contributed by atoms with van der Waals surface area (Å²) in [4.78, 5) is 13.5. The zero-order chi connectivity index (χ0) is 16.8. The maximum absolute atomic E-state index is 5.69. The van der Waals surface area contributed by atoms with E-state index in [2.05, 4.69) is 20.3 Å². The number of ether oxygens (including phenoxy) is 1. The lowest BCUT2D eigenvalue weighted by Crippen LogP contribution is -2.14. The van der Waals surface area contributed by atoms with Crippen molar-refractivity contribution in [2.45, 2.75) is 13.8 Å². The van der Waals surface area contributed by atoms with Crippen LogP contribution in [-0.2, 0) is 0 Å². The molecule has 0 radical (unpaired) electrons. The topological polar surface area (TPSA) is 59.9 Å². The second-order valence-corrected chi connectivity index (χ2v) is 5.41. The van der Waals surface area contributed by atoms with Crippen LogP contribution in [0.25, 0.3) is 11.5 Å². The molecular weight excluding hydrogens is 300 g/mol. The number of rotatable bonds is 6. The van der Waals surface area contributed by atoms with E-state index < -0.39 is 0 Å². The van der Waals surface area contributed by atoms with Gasteiger partial charge in [-0.15, -0.1) is 0 Å². The van der Waals surface area contributed by atoms with Gasteiger partial charge in [0.25, 0.3) is 0 Å². The molecule has 122 valence electrons. The number of nitrogens with one attached hydrogen (secondary N) is 1. The minimum atomic E-state index is 0.561. The molecule has 0 saturated carbocycles. The summed E-state index contributed by atoms with van der Waals surface area (Å²) in [7, 11) is 0. The molecule has 0 atom stereocenters. The molecule has 0 spiro atoms. The number of pyridine rings is 1. The van der Waals surface area contributed by atoms with Crippen molar-refractivity contribution >= 4 is 5.82 Å². The van der Waals surface area contributed by atoms with Crippen LogP contribution < -0.4 is 10.1 Å². The van der Waals surface area contributed by atoms with Gasteiger partial charge in [0.05, 0.1) is 6.54 Å². The van der Waals surface area contributed by atoms with E-state index >= 15 is 0 Å². The highest BCUT2D eigenvalue weighted by Crippen LogP contribution is 2.20. The van der Waals surface area contributed by atoms with Crippen molar-refractivity contribution in [3.05, 3.63) is 66.0 Å². The van der Waals surface area contributed by atoms with Gasteiger partial charge in [-0.2, -0.15) is 0 Å². The summed E-state index contributed by atoms with van der Waals surface area (Å²) in [5.74, 6) is 2.31. The molecule has 0 amide bonds. The summed E-state index contributed by atoms with van der Waals surface area (Å²) < 4.78 is 5.69. The average molecular weight is 320 g/mol. The number of para-hydroxylation sites is 1. The van der Waals surface area contributed by atoms with Crippen LogP contribution in [0, 0.1) is 13.8 Å². The van der Waals surface area contributed by atoms with Crippen molar-refractivity contribution in [2.24, 2.45) is 0 Å². The van der Waals surface area contributed by atoms with E-state index in [1.165, 1.54) is 0 Å². The third kappa shape index (κ3) is 3.87. The maximum atomic E-state index is 5.69. The van der Waals surface area contributed by atoms with E-state index in [0.29, 0.717) is 19.0 Å².